The molecule has 0 aliphatic carbocycles. The number of phenolic OH excluding ortho intramolecular Hbond substituents is 1. The Morgan fingerprint density at radius 2 is 2.09 bits per heavy atom. The van der Waals surface area contributed by atoms with Crippen molar-refractivity contribution in [2.24, 2.45) is 12.1 Å². The number of aromatic nitrogens is 3. The Kier molecular flexibility index (Phi) is 8.47. The van der Waals surface area contributed by atoms with E-state index in [2.05, 4.69) is 42.0 Å². The van der Waals surface area contributed by atoms with Crippen LogP contribution in [-0.4, -0.2) is 42.2 Å². The molecule has 34 heavy (non-hydrogen) atoms. The van der Waals surface area contributed by atoms with Crippen molar-refractivity contribution in [3.63, 3.8) is 0 Å². The third-order valence-electron chi connectivity index (χ3n) is 4.53. The molecule has 3 N–H and O–H groups in total. The third kappa shape index (κ3) is 6.46. The van der Waals surface area contributed by atoms with Gasteiger partial charge in [-0.2, -0.15) is 5.10 Å². The molecule has 1 aromatic heterocycles. The zero-order chi connectivity index (χ0) is 24.8. The molecule has 0 bridgehead atoms. The van der Waals surface area contributed by atoms with E-state index in [1.54, 1.807) is 18.5 Å². The highest BCUT2D eigenvalue weighted by atomic mass is 79.9. The van der Waals surface area contributed by atoms with E-state index in [1.807, 2.05) is 24.3 Å². The fraction of sp³-hybridized carbons (Fsp3) is 0.200. The molecule has 2 aromatic carbocycles. The van der Waals surface area contributed by atoms with Gasteiger partial charge >= 0.3 is 5.69 Å². The maximum absolute atomic E-state index is 12.4. The number of nitrogens with one attached hydrogen (secondary N) is 2. The van der Waals surface area contributed by atoms with Gasteiger partial charge in [0.1, 0.15) is 0 Å². The molecule has 1 unspecified atom stereocenters. The Hall–Kier alpha value is -3.16. The summed E-state index contributed by atoms with van der Waals surface area (Å²) in [6, 6.07) is 10.0. The smallest absolute Gasteiger partial charge is 0.312 e. The number of nitro benzene ring substituents is 1. The molecule has 0 radical (unpaired) electrons. The topological polar surface area (TPSA) is 148 Å². The average Bonchev–Trinajstić information content (AvgIpc) is 3.14. The summed E-state index contributed by atoms with van der Waals surface area (Å²) in [6.07, 6.45) is 1.08. The molecule has 14 heteroatoms. The van der Waals surface area contributed by atoms with Crippen LogP contribution in [-0.2, 0) is 18.4 Å². The van der Waals surface area contributed by atoms with E-state index < -0.39 is 27.5 Å². The van der Waals surface area contributed by atoms with E-state index in [-0.39, 0.29) is 10.6 Å². The Labute approximate surface area is 211 Å². The van der Waals surface area contributed by atoms with E-state index in [1.165, 1.54) is 17.8 Å². The number of phenols is 1. The molecule has 0 fully saturated rings. The van der Waals surface area contributed by atoms with Crippen LogP contribution >= 0.6 is 39.3 Å². The van der Waals surface area contributed by atoms with Crippen LogP contribution in [0.4, 0.5) is 11.4 Å². The van der Waals surface area contributed by atoms with Crippen molar-refractivity contribution in [3.05, 3.63) is 67.4 Å². The lowest BCUT2D eigenvalue weighted by molar-refractivity contribution is -0.385. The SMILES string of the molecule is CC(Sc1nnc(CNc2ccc(Br)cc2)n1C)C(=O)NN=Cc1cc(Cl)cc([N+](=O)[O-])c1O. The van der Waals surface area contributed by atoms with Crippen molar-refractivity contribution in [1.82, 2.24) is 20.2 Å². The minimum atomic E-state index is -0.764. The maximum Gasteiger partial charge on any atom is 0.312 e. The Morgan fingerprint density at radius 3 is 2.76 bits per heavy atom. The van der Waals surface area contributed by atoms with Gasteiger partial charge in [-0.3, -0.25) is 14.9 Å². The lowest BCUT2D eigenvalue weighted by Gasteiger charge is -2.10. The summed E-state index contributed by atoms with van der Waals surface area (Å²) in [5.41, 5.74) is 2.71. The van der Waals surface area contributed by atoms with Crippen LogP contribution in [0.2, 0.25) is 5.02 Å². The first-order valence-corrected chi connectivity index (χ1v) is 11.7. The van der Waals surface area contributed by atoms with Crippen LogP contribution in [0.3, 0.4) is 0 Å². The van der Waals surface area contributed by atoms with Gasteiger partial charge < -0.3 is 15.0 Å². The molecule has 1 amide bonds. The number of aromatic hydroxyl groups is 1. The summed E-state index contributed by atoms with van der Waals surface area (Å²) >= 11 is 10.4. The fourth-order valence-corrected chi connectivity index (χ4v) is 3.97. The van der Waals surface area contributed by atoms with E-state index in [0.717, 1.165) is 22.4 Å². The van der Waals surface area contributed by atoms with Crippen molar-refractivity contribution in [2.45, 2.75) is 23.9 Å². The summed E-state index contributed by atoms with van der Waals surface area (Å²) < 4.78 is 2.77. The number of hydrazone groups is 1. The number of halogens is 2. The van der Waals surface area contributed by atoms with Crippen LogP contribution in [0.5, 0.6) is 5.75 Å². The third-order valence-corrected chi connectivity index (χ3v) is 6.41. The predicted octanol–water partition coefficient (Wildman–Crippen LogP) is 4.09. The van der Waals surface area contributed by atoms with E-state index in [9.17, 15) is 20.0 Å². The molecular weight excluding hydrogens is 550 g/mol. The second-order valence-corrected chi connectivity index (χ2v) is 9.59. The zero-order valence-electron chi connectivity index (χ0n) is 17.9. The second kappa shape index (κ2) is 11.3. The van der Waals surface area contributed by atoms with Gasteiger partial charge in [-0.05, 0) is 37.3 Å². The van der Waals surface area contributed by atoms with Crippen LogP contribution < -0.4 is 10.7 Å². The van der Waals surface area contributed by atoms with E-state index in [4.69, 9.17) is 11.6 Å². The van der Waals surface area contributed by atoms with Crippen molar-refractivity contribution in [3.8, 4) is 5.75 Å². The van der Waals surface area contributed by atoms with E-state index >= 15 is 0 Å². The number of hydrogen-bond acceptors (Lipinski definition) is 9. The van der Waals surface area contributed by atoms with Gasteiger partial charge in [0.15, 0.2) is 11.0 Å². The largest absolute Gasteiger partial charge is 0.502 e. The van der Waals surface area contributed by atoms with Crippen molar-refractivity contribution >= 4 is 62.8 Å². The van der Waals surface area contributed by atoms with E-state index in [0.29, 0.717) is 17.5 Å². The monoisotopic (exact) mass is 567 g/mol. The highest BCUT2D eigenvalue weighted by Crippen LogP contribution is 2.32. The molecule has 178 valence electrons. The average molecular weight is 569 g/mol. The maximum atomic E-state index is 12.4. The first-order valence-electron chi connectivity index (χ1n) is 9.70. The molecule has 0 aliphatic rings. The van der Waals surface area contributed by atoms with Gasteiger partial charge in [0.05, 0.1) is 22.9 Å². The lowest BCUT2D eigenvalue weighted by Crippen LogP contribution is -2.27. The Morgan fingerprint density at radius 1 is 1.38 bits per heavy atom. The molecule has 3 rings (SSSR count). The summed E-state index contributed by atoms with van der Waals surface area (Å²) in [7, 11) is 1.80. The van der Waals surface area contributed by atoms with Gasteiger partial charge in [-0.25, -0.2) is 5.43 Å². The fourth-order valence-electron chi connectivity index (χ4n) is 2.66. The number of nitro groups is 1. The molecule has 0 aliphatic heterocycles. The second-order valence-electron chi connectivity index (χ2n) is 6.93. The summed E-state index contributed by atoms with van der Waals surface area (Å²) in [6.45, 7) is 2.12. The number of hydrogen-bond donors (Lipinski definition) is 3. The highest BCUT2D eigenvalue weighted by Gasteiger charge is 2.20. The number of rotatable bonds is 9. The number of anilines is 1. The molecule has 0 spiro atoms. The number of amides is 1. The number of thioether (sulfide) groups is 1. The van der Waals surface area contributed by atoms with Crippen LogP contribution in [0.15, 0.2) is 51.1 Å². The highest BCUT2D eigenvalue weighted by molar-refractivity contribution is 9.10. The van der Waals surface area contributed by atoms with Gasteiger partial charge in [0, 0.05) is 33.9 Å². The van der Waals surface area contributed by atoms with Crippen molar-refractivity contribution in [1.29, 1.82) is 0 Å². The van der Waals surface area contributed by atoms with Gasteiger partial charge in [-0.1, -0.05) is 39.3 Å². The molecule has 0 saturated carbocycles. The van der Waals surface area contributed by atoms with Gasteiger partial charge in [0.25, 0.3) is 5.91 Å². The quantitative estimate of drug-likeness (QED) is 0.151. The number of carbonyl (C=O) groups excluding carboxylic acids is 1. The Bertz CT molecular complexity index is 1240. The van der Waals surface area contributed by atoms with Crippen LogP contribution in [0.25, 0.3) is 0 Å². The van der Waals surface area contributed by atoms with Crippen molar-refractivity contribution in [2.75, 3.05) is 5.32 Å². The summed E-state index contributed by atoms with van der Waals surface area (Å²) in [4.78, 5) is 22.6. The minimum Gasteiger partial charge on any atom is -0.502 e. The Balaban J connectivity index is 1.58. The van der Waals surface area contributed by atoms with Crippen molar-refractivity contribution < 1.29 is 14.8 Å². The lowest BCUT2D eigenvalue weighted by atomic mass is 10.2. The summed E-state index contributed by atoms with van der Waals surface area (Å²) in [5, 5.41) is 36.3. The molecule has 1 atom stereocenters. The predicted molar refractivity (Wildman–Crippen MR) is 133 cm³/mol. The number of benzene rings is 2. The molecule has 1 heterocycles. The first kappa shape index (κ1) is 25.5. The molecular formula is C20H19BrClN7O4S. The molecule has 3 aromatic rings. The normalized spacial score (nSPS) is 12.0. The first-order chi connectivity index (χ1) is 16.2. The van der Waals surface area contributed by atoms with Gasteiger partial charge in [-0.15, -0.1) is 10.2 Å². The minimum absolute atomic E-state index is 0.00368. The van der Waals surface area contributed by atoms with Gasteiger partial charge in [0.2, 0.25) is 5.75 Å². The molecule has 11 nitrogen and oxygen atoms in total. The molecule has 0 saturated heterocycles. The number of nitrogens with zero attached hydrogens (tertiary/aromatic N) is 5. The van der Waals surface area contributed by atoms with Crippen LogP contribution in [0.1, 0.15) is 18.3 Å². The standard InChI is InChI=1S/C20H19BrClN7O4S/c1-11(19(31)26-24-9-12-7-14(22)8-16(18(12)30)29(32)33)34-20-27-25-17(28(20)2)10-23-15-5-3-13(21)4-6-15/h3-9,11,23,30H,10H2,1-2H3,(H,26,31). The zero-order valence-corrected chi connectivity index (χ0v) is 21.1. The number of carbonyl (C=O) groups is 1. The summed E-state index contributed by atoms with van der Waals surface area (Å²) in [5.74, 6) is -0.345. The van der Waals surface area contributed by atoms with Crippen LogP contribution in [0, 0.1) is 10.1 Å².